The Kier molecular flexibility index (Phi) is 9.11. The van der Waals surface area contributed by atoms with Crippen molar-refractivity contribution < 1.29 is 14.6 Å². The Morgan fingerprint density at radius 1 is 0.769 bits per heavy atom. The Labute approximate surface area is 157 Å². The third-order valence-electron chi connectivity index (χ3n) is 4.13. The predicted octanol–water partition coefficient (Wildman–Crippen LogP) is 5.10. The molecule has 0 aliphatic carbocycles. The minimum atomic E-state index is -0.406. The monoisotopic (exact) mass is 354 g/mol. The second kappa shape index (κ2) is 11.6. The maximum absolute atomic E-state index is 9.36. The molecule has 0 amide bonds. The van der Waals surface area contributed by atoms with Gasteiger partial charge in [-0.3, -0.25) is 0 Å². The molecule has 0 spiro atoms. The van der Waals surface area contributed by atoms with Crippen LogP contribution in [0.25, 0.3) is 0 Å². The van der Waals surface area contributed by atoms with Crippen LogP contribution in [0.1, 0.15) is 37.8 Å². The van der Waals surface area contributed by atoms with Crippen molar-refractivity contribution in [1.29, 1.82) is 0 Å². The van der Waals surface area contributed by atoms with Crippen molar-refractivity contribution in [3.8, 4) is 0 Å². The SMILES string of the molecule is CC(O)/C=C/C(C)CCC(OCc1ccccc1)OCc1ccccc1. The highest BCUT2D eigenvalue weighted by Gasteiger charge is 2.12. The first-order chi connectivity index (χ1) is 12.6. The number of hydrogen-bond acceptors (Lipinski definition) is 3. The van der Waals surface area contributed by atoms with Gasteiger partial charge in [0.05, 0.1) is 19.3 Å². The van der Waals surface area contributed by atoms with Gasteiger partial charge in [-0.25, -0.2) is 0 Å². The van der Waals surface area contributed by atoms with Crippen molar-refractivity contribution >= 4 is 0 Å². The van der Waals surface area contributed by atoms with Crippen molar-refractivity contribution in [3.63, 3.8) is 0 Å². The van der Waals surface area contributed by atoms with Crippen LogP contribution >= 0.6 is 0 Å². The topological polar surface area (TPSA) is 38.7 Å². The molecule has 2 atom stereocenters. The fourth-order valence-corrected chi connectivity index (χ4v) is 2.59. The van der Waals surface area contributed by atoms with Gasteiger partial charge in [0, 0.05) is 0 Å². The maximum atomic E-state index is 9.36. The van der Waals surface area contributed by atoms with Gasteiger partial charge in [-0.1, -0.05) is 79.7 Å². The van der Waals surface area contributed by atoms with Crippen molar-refractivity contribution in [2.45, 2.75) is 52.3 Å². The molecular formula is C23H30O3. The first-order valence-corrected chi connectivity index (χ1v) is 9.31. The van der Waals surface area contributed by atoms with Crippen molar-refractivity contribution in [2.75, 3.05) is 0 Å². The Hall–Kier alpha value is -1.94. The van der Waals surface area contributed by atoms with Gasteiger partial charge < -0.3 is 14.6 Å². The van der Waals surface area contributed by atoms with E-state index in [1.807, 2.05) is 42.5 Å². The molecule has 0 aromatic heterocycles. The Morgan fingerprint density at radius 3 is 1.73 bits per heavy atom. The molecule has 0 radical (unpaired) electrons. The fraction of sp³-hybridized carbons (Fsp3) is 0.391. The van der Waals surface area contributed by atoms with Crippen LogP contribution < -0.4 is 0 Å². The molecule has 2 rings (SSSR count). The number of benzene rings is 2. The van der Waals surface area contributed by atoms with E-state index in [0.717, 1.165) is 24.0 Å². The van der Waals surface area contributed by atoms with Crippen LogP contribution in [0, 0.1) is 5.92 Å². The summed E-state index contributed by atoms with van der Waals surface area (Å²) in [4.78, 5) is 0. The molecule has 0 heterocycles. The van der Waals surface area contributed by atoms with Crippen molar-refractivity contribution in [1.82, 2.24) is 0 Å². The lowest BCUT2D eigenvalue weighted by Gasteiger charge is -2.20. The van der Waals surface area contributed by atoms with E-state index in [-0.39, 0.29) is 6.29 Å². The van der Waals surface area contributed by atoms with Crippen molar-refractivity contribution in [2.24, 2.45) is 5.92 Å². The van der Waals surface area contributed by atoms with Gasteiger partial charge in [-0.05, 0) is 36.8 Å². The molecule has 140 valence electrons. The molecule has 2 aromatic rings. The summed E-state index contributed by atoms with van der Waals surface area (Å²) in [5, 5.41) is 9.36. The van der Waals surface area contributed by atoms with Crippen molar-refractivity contribution in [3.05, 3.63) is 83.9 Å². The molecule has 26 heavy (non-hydrogen) atoms. The zero-order chi connectivity index (χ0) is 18.6. The van der Waals surface area contributed by atoms with E-state index in [0.29, 0.717) is 19.1 Å². The summed E-state index contributed by atoms with van der Waals surface area (Å²) in [5.41, 5.74) is 2.28. The van der Waals surface area contributed by atoms with E-state index in [2.05, 4.69) is 37.3 Å². The summed E-state index contributed by atoms with van der Waals surface area (Å²) in [7, 11) is 0. The molecule has 3 heteroatoms. The van der Waals surface area contributed by atoms with E-state index in [1.165, 1.54) is 0 Å². The quantitative estimate of drug-likeness (QED) is 0.451. The van der Waals surface area contributed by atoms with E-state index in [4.69, 9.17) is 9.47 Å². The smallest absolute Gasteiger partial charge is 0.158 e. The van der Waals surface area contributed by atoms with Crippen LogP contribution in [0.3, 0.4) is 0 Å². The normalized spacial score (nSPS) is 14.0. The summed E-state index contributed by atoms with van der Waals surface area (Å²) in [6.07, 6.45) is 4.98. The van der Waals surface area contributed by atoms with Crippen LogP contribution in [0.15, 0.2) is 72.8 Å². The van der Waals surface area contributed by atoms with E-state index in [9.17, 15) is 5.11 Å². The molecule has 0 aliphatic heterocycles. The van der Waals surface area contributed by atoms with Crippen LogP contribution in [0.2, 0.25) is 0 Å². The lowest BCUT2D eigenvalue weighted by Crippen LogP contribution is -2.18. The van der Waals surface area contributed by atoms with Gasteiger partial charge in [0.25, 0.3) is 0 Å². The number of hydrogen-bond donors (Lipinski definition) is 1. The summed E-state index contributed by atoms with van der Waals surface area (Å²) >= 11 is 0. The van der Waals surface area contributed by atoms with Gasteiger partial charge >= 0.3 is 0 Å². The second-order valence-corrected chi connectivity index (χ2v) is 6.70. The second-order valence-electron chi connectivity index (χ2n) is 6.70. The molecule has 0 saturated heterocycles. The number of rotatable bonds is 11. The molecular weight excluding hydrogens is 324 g/mol. The number of ether oxygens (including phenoxy) is 2. The minimum Gasteiger partial charge on any atom is -0.389 e. The number of allylic oxidation sites excluding steroid dienone is 1. The molecule has 3 nitrogen and oxygen atoms in total. The fourth-order valence-electron chi connectivity index (χ4n) is 2.59. The highest BCUT2D eigenvalue weighted by Crippen LogP contribution is 2.16. The van der Waals surface area contributed by atoms with Crippen LogP contribution in [0.4, 0.5) is 0 Å². The molecule has 2 aromatic carbocycles. The van der Waals surface area contributed by atoms with E-state index >= 15 is 0 Å². The third-order valence-corrected chi connectivity index (χ3v) is 4.13. The summed E-state index contributed by atoms with van der Waals surface area (Å²) < 4.78 is 12.1. The molecule has 0 aliphatic rings. The molecule has 0 saturated carbocycles. The van der Waals surface area contributed by atoms with Crippen LogP contribution in [0.5, 0.6) is 0 Å². The van der Waals surface area contributed by atoms with Gasteiger partial charge in [0.15, 0.2) is 6.29 Å². The van der Waals surface area contributed by atoms with E-state index < -0.39 is 6.10 Å². The Morgan fingerprint density at radius 2 is 1.27 bits per heavy atom. The molecule has 1 N–H and O–H groups in total. The highest BCUT2D eigenvalue weighted by molar-refractivity contribution is 5.14. The van der Waals surface area contributed by atoms with Gasteiger partial charge in [0.2, 0.25) is 0 Å². The van der Waals surface area contributed by atoms with Gasteiger partial charge in [-0.2, -0.15) is 0 Å². The number of aliphatic hydroxyl groups is 1. The van der Waals surface area contributed by atoms with E-state index in [1.54, 1.807) is 6.92 Å². The zero-order valence-electron chi connectivity index (χ0n) is 15.8. The van der Waals surface area contributed by atoms with Gasteiger partial charge in [-0.15, -0.1) is 0 Å². The molecule has 0 bridgehead atoms. The lowest BCUT2D eigenvalue weighted by atomic mass is 10.0. The van der Waals surface area contributed by atoms with Crippen LogP contribution in [-0.4, -0.2) is 17.5 Å². The standard InChI is InChI=1S/C23H30O3/c1-19(13-15-20(2)24)14-16-23(25-17-21-9-5-3-6-10-21)26-18-22-11-7-4-8-12-22/h3-13,15,19-20,23-24H,14,16-18H2,1-2H3/b15-13+. The predicted molar refractivity (Wildman–Crippen MR) is 105 cm³/mol. The number of aliphatic hydroxyl groups excluding tert-OH is 1. The Bertz CT molecular complexity index is 579. The summed E-state index contributed by atoms with van der Waals surface area (Å²) in [5.74, 6) is 0.368. The van der Waals surface area contributed by atoms with Gasteiger partial charge in [0.1, 0.15) is 0 Å². The van der Waals surface area contributed by atoms with Crippen LogP contribution in [-0.2, 0) is 22.7 Å². The first-order valence-electron chi connectivity index (χ1n) is 9.31. The maximum Gasteiger partial charge on any atom is 0.158 e. The average Bonchev–Trinajstić information content (AvgIpc) is 2.67. The largest absolute Gasteiger partial charge is 0.389 e. The minimum absolute atomic E-state index is 0.252. The average molecular weight is 354 g/mol. The summed E-state index contributed by atoms with van der Waals surface area (Å²) in [6, 6.07) is 20.3. The zero-order valence-corrected chi connectivity index (χ0v) is 15.8. The lowest BCUT2D eigenvalue weighted by molar-refractivity contribution is -0.161. The first kappa shape index (κ1) is 20.4. The third kappa shape index (κ3) is 8.43. The highest BCUT2D eigenvalue weighted by atomic mass is 16.7. The molecule has 0 fully saturated rings. The summed E-state index contributed by atoms with van der Waals surface area (Å²) in [6.45, 7) is 4.98. The Balaban J connectivity index is 1.87. The molecule has 2 unspecified atom stereocenters.